The van der Waals surface area contributed by atoms with Crippen LogP contribution in [-0.2, 0) is 14.3 Å². The number of halogens is 1. The lowest BCUT2D eigenvalue weighted by molar-refractivity contribution is -0.147. The third kappa shape index (κ3) is 4.85. The van der Waals surface area contributed by atoms with Crippen molar-refractivity contribution in [3.8, 4) is 0 Å². The molecule has 0 aliphatic carbocycles. The van der Waals surface area contributed by atoms with E-state index in [1.807, 2.05) is 6.07 Å². The molecule has 0 spiro atoms. The van der Waals surface area contributed by atoms with E-state index in [4.69, 9.17) is 16.3 Å². The lowest BCUT2D eigenvalue weighted by Crippen LogP contribution is -2.55. The number of morpholine rings is 1. The van der Waals surface area contributed by atoms with Crippen molar-refractivity contribution in [2.24, 2.45) is 0 Å². The fourth-order valence-corrected chi connectivity index (χ4v) is 3.58. The van der Waals surface area contributed by atoms with Crippen molar-refractivity contribution in [1.82, 2.24) is 10.3 Å². The fraction of sp³-hybridized carbons (Fsp3) is 0.278. The minimum absolute atomic E-state index is 0.0460. The van der Waals surface area contributed by atoms with Gasteiger partial charge in [0.05, 0.1) is 28.1 Å². The van der Waals surface area contributed by atoms with Gasteiger partial charge in [0, 0.05) is 13.0 Å². The Morgan fingerprint density at radius 3 is 2.67 bits per heavy atom. The minimum atomic E-state index is -0.291. The highest BCUT2D eigenvalue weighted by molar-refractivity contribution is 7.17. The average molecular weight is 408 g/mol. The highest BCUT2D eigenvalue weighted by Crippen LogP contribution is 2.21. The van der Waals surface area contributed by atoms with Crippen molar-refractivity contribution in [3.63, 3.8) is 0 Å². The van der Waals surface area contributed by atoms with Gasteiger partial charge in [0.1, 0.15) is 6.61 Å². The van der Waals surface area contributed by atoms with Gasteiger partial charge in [0.15, 0.2) is 0 Å². The summed E-state index contributed by atoms with van der Waals surface area (Å²) >= 11 is 7.00. The Kier molecular flexibility index (Phi) is 6.44. The van der Waals surface area contributed by atoms with Crippen LogP contribution in [0.25, 0.3) is 0 Å². The fourth-order valence-electron chi connectivity index (χ4n) is 2.62. The molecule has 1 aliphatic heterocycles. The van der Waals surface area contributed by atoms with Crippen molar-refractivity contribution >= 4 is 46.3 Å². The molecule has 0 radical (unpaired) electrons. The number of hydrogen-bond acceptors (Lipinski definition) is 5. The van der Waals surface area contributed by atoms with Gasteiger partial charge in [-0.1, -0.05) is 29.8 Å². The SMILES string of the molecule is O=C(NCCC(=O)N(c1ccccc1)N1CCOCC1=O)c1ccc(Cl)s1. The van der Waals surface area contributed by atoms with Crippen LogP contribution in [0.5, 0.6) is 0 Å². The van der Waals surface area contributed by atoms with Crippen LogP contribution in [0.3, 0.4) is 0 Å². The number of benzene rings is 1. The average Bonchev–Trinajstić information content (AvgIpc) is 3.11. The number of amides is 3. The maximum absolute atomic E-state index is 12.8. The molecular weight excluding hydrogens is 390 g/mol. The van der Waals surface area contributed by atoms with E-state index in [1.165, 1.54) is 21.4 Å². The third-order valence-electron chi connectivity index (χ3n) is 3.86. The summed E-state index contributed by atoms with van der Waals surface area (Å²) in [5.41, 5.74) is 0.592. The molecular formula is C18H18ClN3O4S. The number of ether oxygens (including phenoxy) is 1. The topological polar surface area (TPSA) is 79.0 Å². The van der Waals surface area contributed by atoms with Crippen LogP contribution in [0.1, 0.15) is 16.1 Å². The normalized spacial score (nSPS) is 14.1. The van der Waals surface area contributed by atoms with Crippen molar-refractivity contribution in [3.05, 3.63) is 51.7 Å². The molecule has 1 saturated heterocycles. The molecule has 7 nitrogen and oxygen atoms in total. The molecule has 1 aromatic carbocycles. The number of carbonyl (C=O) groups excluding carboxylic acids is 3. The molecule has 1 fully saturated rings. The van der Waals surface area contributed by atoms with Crippen LogP contribution in [0.15, 0.2) is 42.5 Å². The summed E-state index contributed by atoms with van der Waals surface area (Å²) in [6.07, 6.45) is 0.0460. The summed E-state index contributed by atoms with van der Waals surface area (Å²) in [7, 11) is 0. The minimum Gasteiger partial charge on any atom is -0.370 e. The molecule has 1 N–H and O–H groups in total. The lowest BCUT2D eigenvalue weighted by atomic mass is 10.2. The second-order valence-electron chi connectivity index (χ2n) is 5.72. The van der Waals surface area contributed by atoms with Crippen LogP contribution in [0.2, 0.25) is 4.34 Å². The lowest BCUT2D eigenvalue weighted by Gasteiger charge is -2.37. The molecule has 27 heavy (non-hydrogen) atoms. The van der Waals surface area contributed by atoms with Crippen molar-refractivity contribution in [1.29, 1.82) is 0 Å². The summed E-state index contributed by atoms with van der Waals surface area (Å²) in [5.74, 6) is -0.856. The number of carbonyl (C=O) groups is 3. The second-order valence-corrected chi connectivity index (χ2v) is 7.44. The van der Waals surface area contributed by atoms with E-state index in [1.54, 1.807) is 36.4 Å². The molecule has 0 saturated carbocycles. The van der Waals surface area contributed by atoms with Gasteiger partial charge >= 0.3 is 0 Å². The summed E-state index contributed by atoms with van der Waals surface area (Å²) in [6, 6.07) is 12.2. The molecule has 0 atom stereocenters. The van der Waals surface area contributed by atoms with Gasteiger partial charge in [-0.2, -0.15) is 0 Å². The van der Waals surface area contributed by atoms with Gasteiger partial charge in [-0.15, -0.1) is 11.3 Å². The van der Waals surface area contributed by atoms with Crippen LogP contribution < -0.4 is 10.3 Å². The molecule has 142 valence electrons. The molecule has 0 unspecified atom stereocenters. The number of anilines is 1. The van der Waals surface area contributed by atoms with Crippen LogP contribution in [0.4, 0.5) is 5.69 Å². The van der Waals surface area contributed by atoms with Crippen LogP contribution in [-0.4, -0.2) is 49.0 Å². The smallest absolute Gasteiger partial charge is 0.267 e. The molecule has 3 rings (SSSR count). The quantitative estimate of drug-likeness (QED) is 0.797. The number of para-hydroxylation sites is 1. The Bertz CT molecular complexity index is 827. The predicted molar refractivity (Wildman–Crippen MR) is 103 cm³/mol. The van der Waals surface area contributed by atoms with Gasteiger partial charge in [-0.05, 0) is 24.3 Å². The second kappa shape index (κ2) is 8.98. The van der Waals surface area contributed by atoms with Gasteiger partial charge in [0.25, 0.3) is 11.8 Å². The Hall–Kier alpha value is -2.42. The molecule has 2 heterocycles. The van der Waals surface area contributed by atoms with Crippen molar-refractivity contribution in [2.75, 3.05) is 31.3 Å². The van der Waals surface area contributed by atoms with E-state index >= 15 is 0 Å². The van der Waals surface area contributed by atoms with Crippen molar-refractivity contribution in [2.45, 2.75) is 6.42 Å². The number of hydrazine groups is 1. The Morgan fingerprint density at radius 2 is 2.00 bits per heavy atom. The number of thiophene rings is 1. The Labute approximate surface area is 165 Å². The van der Waals surface area contributed by atoms with E-state index in [9.17, 15) is 14.4 Å². The first kappa shape index (κ1) is 19.3. The van der Waals surface area contributed by atoms with Crippen LogP contribution in [0, 0.1) is 0 Å². The zero-order chi connectivity index (χ0) is 19.2. The zero-order valence-corrected chi connectivity index (χ0v) is 16.0. The van der Waals surface area contributed by atoms with E-state index in [2.05, 4.69) is 5.32 Å². The largest absolute Gasteiger partial charge is 0.370 e. The summed E-state index contributed by atoms with van der Waals surface area (Å²) in [6.45, 7) is 0.735. The predicted octanol–water partition coefficient (Wildman–Crippen LogP) is 2.33. The third-order valence-corrected chi connectivity index (χ3v) is 5.09. The van der Waals surface area contributed by atoms with Gasteiger partial charge in [-0.25, -0.2) is 10.0 Å². The molecule has 1 aliphatic rings. The monoisotopic (exact) mass is 407 g/mol. The van der Waals surface area contributed by atoms with E-state index in [0.29, 0.717) is 28.1 Å². The van der Waals surface area contributed by atoms with Gasteiger partial charge < -0.3 is 10.1 Å². The maximum Gasteiger partial charge on any atom is 0.267 e. The summed E-state index contributed by atoms with van der Waals surface area (Å²) in [5, 5.41) is 5.45. The molecule has 9 heteroatoms. The summed E-state index contributed by atoms with van der Waals surface area (Å²) in [4.78, 5) is 37.6. The Morgan fingerprint density at radius 1 is 1.22 bits per heavy atom. The van der Waals surface area contributed by atoms with E-state index in [0.717, 1.165) is 0 Å². The number of rotatable bonds is 6. The molecule has 1 aromatic heterocycles. The van der Waals surface area contributed by atoms with E-state index < -0.39 is 0 Å². The van der Waals surface area contributed by atoms with Crippen LogP contribution >= 0.6 is 22.9 Å². The molecule has 2 aromatic rings. The van der Waals surface area contributed by atoms with Crippen molar-refractivity contribution < 1.29 is 19.1 Å². The standard InChI is InChI=1S/C18H18ClN3O4S/c19-15-7-6-14(27-15)18(25)20-9-8-16(23)22(13-4-2-1-3-5-13)21-10-11-26-12-17(21)24/h1-7H,8-12H2,(H,20,25). The van der Waals surface area contributed by atoms with Gasteiger partial charge in [-0.3, -0.25) is 14.4 Å². The number of nitrogens with one attached hydrogen (secondary N) is 1. The Balaban J connectivity index is 1.66. The number of hydrogen-bond donors (Lipinski definition) is 1. The highest BCUT2D eigenvalue weighted by Gasteiger charge is 2.29. The molecule has 0 bridgehead atoms. The first-order valence-corrected chi connectivity index (χ1v) is 9.55. The molecule has 3 amide bonds. The van der Waals surface area contributed by atoms with Gasteiger partial charge in [0.2, 0.25) is 5.91 Å². The summed E-state index contributed by atoms with van der Waals surface area (Å²) < 4.78 is 5.67. The maximum atomic E-state index is 12.8. The first-order chi connectivity index (χ1) is 13.1. The highest BCUT2D eigenvalue weighted by atomic mass is 35.5. The first-order valence-electron chi connectivity index (χ1n) is 8.36. The van der Waals surface area contributed by atoms with E-state index in [-0.39, 0.29) is 37.3 Å². The zero-order valence-electron chi connectivity index (χ0n) is 14.4. The number of nitrogens with zero attached hydrogens (tertiary/aromatic N) is 2.